The Hall–Kier alpha value is -2.98. The molecule has 1 saturated carbocycles. The van der Waals surface area contributed by atoms with Crippen LogP contribution in [0.1, 0.15) is 29.6 Å². The Kier molecular flexibility index (Phi) is 5.16. The lowest BCUT2D eigenvalue weighted by molar-refractivity contribution is -0.0662. The maximum Gasteiger partial charge on any atom is 0.266 e. The van der Waals surface area contributed by atoms with E-state index in [1.165, 1.54) is 28.0 Å². The van der Waals surface area contributed by atoms with Crippen molar-refractivity contribution in [2.45, 2.75) is 37.8 Å². The second-order valence-corrected chi connectivity index (χ2v) is 10.6. The summed E-state index contributed by atoms with van der Waals surface area (Å²) in [7, 11) is 3.50. The second-order valence-electron chi connectivity index (χ2n) is 9.67. The van der Waals surface area contributed by atoms with Gasteiger partial charge in [-0.25, -0.2) is 13.8 Å². The molecule has 4 aromatic rings. The van der Waals surface area contributed by atoms with Crippen molar-refractivity contribution in [3.8, 4) is 17.3 Å². The molecule has 2 aliphatic rings. The average molecular weight is 500 g/mol. The van der Waals surface area contributed by atoms with Gasteiger partial charge in [0.2, 0.25) is 0 Å². The van der Waals surface area contributed by atoms with Crippen molar-refractivity contribution >= 4 is 38.5 Å². The molecule has 3 aromatic heterocycles. The number of imidazole rings is 1. The Labute approximate surface area is 205 Å². The number of carbonyl (C=O) groups is 1. The van der Waals surface area contributed by atoms with Gasteiger partial charge in [0.05, 0.1) is 24.4 Å². The third-order valence-electron chi connectivity index (χ3n) is 7.23. The highest BCUT2D eigenvalue weighted by Gasteiger charge is 2.43. The summed E-state index contributed by atoms with van der Waals surface area (Å²) in [6, 6.07) is 6.30. The molecule has 35 heavy (non-hydrogen) atoms. The zero-order chi connectivity index (χ0) is 24.5. The number of amides is 1. The molecular weight excluding hydrogens is 472 g/mol. The van der Waals surface area contributed by atoms with Crippen LogP contribution in [0.25, 0.3) is 32.8 Å². The second kappa shape index (κ2) is 8.03. The van der Waals surface area contributed by atoms with Crippen LogP contribution in [0.4, 0.5) is 8.78 Å². The van der Waals surface area contributed by atoms with Crippen LogP contribution in [0.15, 0.2) is 29.6 Å². The SMILES string of the molecule is COc1cc(C(=O)N2CCC(F)(F)[C@@H](N)C2)cc2nc(-c3cc4ccsc4n3CC3CC3)n(C)c12. The summed E-state index contributed by atoms with van der Waals surface area (Å²) in [5, 5.41) is 3.30. The Balaban J connectivity index is 1.42. The molecular formula is C25H27F2N5O2S. The normalized spacial score (nSPS) is 20.1. The number of ether oxygens (including phenoxy) is 1. The van der Waals surface area contributed by atoms with Crippen molar-refractivity contribution in [3.63, 3.8) is 0 Å². The number of aromatic nitrogens is 3. The largest absolute Gasteiger partial charge is 0.494 e. The van der Waals surface area contributed by atoms with Gasteiger partial charge in [-0.15, -0.1) is 11.3 Å². The number of piperidine rings is 1. The number of fused-ring (bicyclic) bond motifs is 2. The first-order valence-electron chi connectivity index (χ1n) is 11.8. The summed E-state index contributed by atoms with van der Waals surface area (Å²) in [6.45, 7) is 0.729. The number of hydrogen-bond donors (Lipinski definition) is 1. The van der Waals surface area contributed by atoms with Crippen LogP contribution < -0.4 is 10.5 Å². The summed E-state index contributed by atoms with van der Waals surface area (Å²) >= 11 is 1.73. The maximum atomic E-state index is 13.8. The number of nitrogens with zero attached hydrogens (tertiary/aromatic N) is 4. The predicted octanol–water partition coefficient (Wildman–Crippen LogP) is 4.48. The highest BCUT2D eigenvalue weighted by atomic mass is 32.1. The summed E-state index contributed by atoms with van der Waals surface area (Å²) < 4.78 is 37.7. The summed E-state index contributed by atoms with van der Waals surface area (Å²) in [5.41, 5.74) is 8.44. The molecule has 0 spiro atoms. The van der Waals surface area contributed by atoms with E-state index in [2.05, 4.69) is 22.1 Å². The van der Waals surface area contributed by atoms with E-state index >= 15 is 0 Å². The van der Waals surface area contributed by atoms with Crippen molar-refractivity contribution in [2.24, 2.45) is 18.7 Å². The van der Waals surface area contributed by atoms with Gasteiger partial charge in [-0.3, -0.25) is 4.79 Å². The smallest absolute Gasteiger partial charge is 0.266 e. The molecule has 10 heteroatoms. The number of methoxy groups -OCH3 is 1. The fraction of sp³-hybridized carbons (Fsp3) is 0.440. The van der Waals surface area contributed by atoms with Gasteiger partial charge in [0.25, 0.3) is 11.8 Å². The Bertz CT molecular complexity index is 1450. The molecule has 1 amide bonds. The van der Waals surface area contributed by atoms with Crippen LogP contribution in [0, 0.1) is 5.92 Å². The molecule has 7 nitrogen and oxygen atoms in total. The number of likely N-dealkylation sites (tertiary alicyclic amines) is 1. The van der Waals surface area contributed by atoms with E-state index in [0.717, 1.165) is 23.6 Å². The van der Waals surface area contributed by atoms with E-state index in [0.29, 0.717) is 22.7 Å². The number of alkyl halides is 2. The highest BCUT2D eigenvalue weighted by molar-refractivity contribution is 7.16. The first-order chi connectivity index (χ1) is 16.8. The number of benzene rings is 1. The number of hydrogen-bond acceptors (Lipinski definition) is 5. The van der Waals surface area contributed by atoms with Gasteiger partial charge >= 0.3 is 0 Å². The number of thiophene rings is 1. The van der Waals surface area contributed by atoms with Crippen LogP contribution in [0.3, 0.4) is 0 Å². The van der Waals surface area contributed by atoms with Crippen molar-refractivity contribution in [1.82, 2.24) is 19.0 Å². The number of rotatable bonds is 5. The quantitative estimate of drug-likeness (QED) is 0.439. The van der Waals surface area contributed by atoms with Gasteiger partial charge in [0.1, 0.15) is 16.1 Å². The average Bonchev–Trinajstić information content (AvgIpc) is 3.28. The minimum atomic E-state index is -2.96. The monoisotopic (exact) mass is 499 g/mol. The molecule has 0 bridgehead atoms. The predicted molar refractivity (Wildman–Crippen MR) is 132 cm³/mol. The third-order valence-corrected chi connectivity index (χ3v) is 8.18. The molecule has 4 heterocycles. The lowest BCUT2D eigenvalue weighted by atomic mass is 10.0. The Morgan fingerprint density at radius 1 is 1.31 bits per heavy atom. The van der Waals surface area contributed by atoms with Crippen LogP contribution in [0.5, 0.6) is 5.75 Å². The zero-order valence-electron chi connectivity index (χ0n) is 19.6. The first kappa shape index (κ1) is 22.5. The van der Waals surface area contributed by atoms with E-state index in [9.17, 15) is 13.6 Å². The lowest BCUT2D eigenvalue weighted by Crippen LogP contribution is -2.56. The summed E-state index contributed by atoms with van der Waals surface area (Å²) in [5.74, 6) is -1.30. The molecule has 0 unspecified atom stereocenters. The Morgan fingerprint density at radius 2 is 2.11 bits per heavy atom. The van der Waals surface area contributed by atoms with E-state index < -0.39 is 18.4 Å². The van der Waals surface area contributed by atoms with Crippen LogP contribution in [-0.4, -0.2) is 57.1 Å². The minimum absolute atomic E-state index is 0.0429. The van der Waals surface area contributed by atoms with Gasteiger partial charge in [-0.2, -0.15) is 0 Å². The van der Waals surface area contributed by atoms with Crippen molar-refractivity contribution < 1.29 is 18.3 Å². The molecule has 6 rings (SSSR count). The van der Waals surface area contributed by atoms with E-state index in [-0.39, 0.29) is 19.0 Å². The number of aryl methyl sites for hydroxylation is 1. The van der Waals surface area contributed by atoms with Crippen LogP contribution in [0.2, 0.25) is 0 Å². The molecule has 184 valence electrons. The third kappa shape index (κ3) is 3.70. The molecule has 2 fully saturated rings. The van der Waals surface area contributed by atoms with Crippen LogP contribution in [-0.2, 0) is 13.6 Å². The highest BCUT2D eigenvalue weighted by Crippen LogP contribution is 2.39. The van der Waals surface area contributed by atoms with Gasteiger partial charge in [0, 0.05) is 44.1 Å². The summed E-state index contributed by atoms with van der Waals surface area (Å²) in [4.78, 5) is 20.8. The standard InChI is InChI=1S/C25H27F2N5O2S/c1-30-21-17(29-22(30)18-10-15-5-8-35-24(15)32(18)12-14-3-4-14)9-16(11-19(21)34-2)23(33)31-7-6-25(26,27)20(28)13-31/h5,8-11,14,20H,3-4,6-7,12-13,28H2,1-2H3/t20-/m0/s1. The molecule has 0 radical (unpaired) electrons. The number of halogens is 2. The van der Waals surface area contributed by atoms with Crippen molar-refractivity contribution in [2.75, 3.05) is 20.2 Å². The first-order valence-corrected chi connectivity index (χ1v) is 12.7. The topological polar surface area (TPSA) is 78.3 Å². The van der Waals surface area contributed by atoms with Gasteiger partial charge in [-0.05, 0) is 48.4 Å². The van der Waals surface area contributed by atoms with E-state index in [4.69, 9.17) is 15.5 Å². The lowest BCUT2D eigenvalue weighted by Gasteiger charge is -2.36. The molecule has 1 saturated heterocycles. The van der Waals surface area contributed by atoms with E-state index in [1.807, 2.05) is 11.6 Å². The van der Waals surface area contributed by atoms with Gasteiger partial charge < -0.3 is 24.5 Å². The Morgan fingerprint density at radius 3 is 2.83 bits per heavy atom. The fourth-order valence-electron chi connectivity index (χ4n) is 5.02. The molecule has 1 aromatic carbocycles. The number of carbonyl (C=O) groups excluding carboxylic acids is 1. The van der Waals surface area contributed by atoms with E-state index in [1.54, 1.807) is 30.6 Å². The van der Waals surface area contributed by atoms with Crippen molar-refractivity contribution in [1.29, 1.82) is 0 Å². The molecule has 1 atom stereocenters. The fourth-order valence-corrected chi connectivity index (χ4v) is 5.92. The molecule has 2 N–H and O–H groups in total. The van der Waals surface area contributed by atoms with Crippen LogP contribution >= 0.6 is 11.3 Å². The van der Waals surface area contributed by atoms with Crippen molar-refractivity contribution in [3.05, 3.63) is 35.2 Å². The molecule has 1 aliphatic heterocycles. The minimum Gasteiger partial charge on any atom is -0.494 e. The summed E-state index contributed by atoms with van der Waals surface area (Å²) in [6.07, 6.45) is 2.05. The maximum absolute atomic E-state index is 13.8. The number of nitrogens with two attached hydrogens (primary N) is 1. The zero-order valence-corrected chi connectivity index (χ0v) is 20.4. The van der Waals surface area contributed by atoms with Gasteiger partial charge in [-0.1, -0.05) is 0 Å². The molecule has 1 aliphatic carbocycles. The van der Waals surface area contributed by atoms with Gasteiger partial charge in [0.15, 0.2) is 5.82 Å².